The van der Waals surface area contributed by atoms with Crippen molar-refractivity contribution in [3.63, 3.8) is 0 Å². The third-order valence-electron chi connectivity index (χ3n) is 4.96. The van der Waals surface area contributed by atoms with E-state index in [-0.39, 0.29) is 23.7 Å². The van der Waals surface area contributed by atoms with Crippen molar-refractivity contribution in [1.82, 2.24) is 4.90 Å². The number of benzene rings is 2. The molecule has 4 nitrogen and oxygen atoms in total. The first-order valence-corrected chi connectivity index (χ1v) is 8.79. The molecule has 2 N–H and O–H groups in total. The molecule has 0 bridgehead atoms. The number of hydrogen-bond donors (Lipinski definition) is 1. The molecule has 1 saturated heterocycles. The second kappa shape index (κ2) is 7.97. The number of primary amides is 1. The van der Waals surface area contributed by atoms with E-state index >= 15 is 0 Å². The van der Waals surface area contributed by atoms with Gasteiger partial charge in [-0.1, -0.05) is 60.7 Å². The normalized spacial score (nSPS) is 18.1. The Kier molecular flexibility index (Phi) is 5.49. The van der Waals surface area contributed by atoms with Crippen LogP contribution in [-0.2, 0) is 16.0 Å². The lowest BCUT2D eigenvalue weighted by atomic mass is 9.89. The number of likely N-dealkylation sites (tertiary alicyclic amines) is 1. The van der Waals surface area contributed by atoms with Gasteiger partial charge in [-0.3, -0.25) is 9.59 Å². The quantitative estimate of drug-likeness (QED) is 0.881. The molecule has 3 rings (SSSR count). The van der Waals surface area contributed by atoms with Crippen LogP contribution in [0.25, 0.3) is 0 Å². The van der Waals surface area contributed by atoms with Crippen LogP contribution in [0.4, 0.5) is 0 Å². The highest BCUT2D eigenvalue weighted by Gasteiger charge is 2.30. The van der Waals surface area contributed by atoms with Crippen molar-refractivity contribution in [2.75, 3.05) is 13.1 Å². The zero-order valence-electron chi connectivity index (χ0n) is 14.3. The van der Waals surface area contributed by atoms with Crippen molar-refractivity contribution < 1.29 is 9.59 Å². The lowest BCUT2D eigenvalue weighted by molar-refractivity contribution is -0.130. The van der Waals surface area contributed by atoms with Crippen molar-refractivity contribution in [2.24, 2.45) is 11.7 Å². The summed E-state index contributed by atoms with van der Waals surface area (Å²) in [6, 6.07) is 20.4. The zero-order valence-corrected chi connectivity index (χ0v) is 14.3. The molecule has 2 aromatic carbocycles. The Morgan fingerprint density at radius 3 is 2.28 bits per heavy atom. The third kappa shape index (κ3) is 4.47. The molecule has 0 aliphatic carbocycles. The molecule has 0 radical (unpaired) electrons. The Morgan fingerprint density at radius 2 is 1.68 bits per heavy atom. The molecule has 25 heavy (non-hydrogen) atoms. The maximum Gasteiger partial charge on any atom is 0.223 e. The number of nitrogens with zero attached hydrogens (tertiary/aromatic N) is 1. The average molecular weight is 336 g/mol. The summed E-state index contributed by atoms with van der Waals surface area (Å²) in [5, 5.41) is 0. The van der Waals surface area contributed by atoms with Gasteiger partial charge in [-0.05, 0) is 29.9 Å². The van der Waals surface area contributed by atoms with Gasteiger partial charge in [0.05, 0.1) is 5.92 Å². The van der Waals surface area contributed by atoms with E-state index in [4.69, 9.17) is 5.73 Å². The zero-order chi connectivity index (χ0) is 17.6. The molecule has 0 unspecified atom stereocenters. The van der Waals surface area contributed by atoms with Crippen LogP contribution in [-0.4, -0.2) is 29.8 Å². The molecule has 4 heteroatoms. The second-order valence-corrected chi connectivity index (χ2v) is 6.73. The van der Waals surface area contributed by atoms with E-state index in [1.807, 2.05) is 36.4 Å². The minimum absolute atomic E-state index is 0.105. The molecule has 2 aromatic rings. The molecular formula is C21H24N2O2. The highest BCUT2D eigenvalue weighted by atomic mass is 16.2. The highest BCUT2D eigenvalue weighted by Crippen LogP contribution is 2.27. The smallest absolute Gasteiger partial charge is 0.223 e. The molecule has 1 aliphatic heterocycles. The molecule has 1 fully saturated rings. The van der Waals surface area contributed by atoms with E-state index in [2.05, 4.69) is 24.3 Å². The fraction of sp³-hybridized carbons (Fsp3) is 0.333. The van der Waals surface area contributed by atoms with Crippen LogP contribution in [0, 0.1) is 5.92 Å². The molecule has 0 saturated carbocycles. The largest absolute Gasteiger partial charge is 0.369 e. The van der Waals surface area contributed by atoms with Gasteiger partial charge in [-0.2, -0.15) is 0 Å². The molecular weight excluding hydrogens is 312 g/mol. The van der Waals surface area contributed by atoms with E-state index in [1.54, 1.807) is 4.90 Å². The fourth-order valence-electron chi connectivity index (χ4n) is 3.49. The second-order valence-electron chi connectivity index (χ2n) is 6.73. The maximum atomic E-state index is 12.8. The van der Waals surface area contributed by atoms with Gasteiger partial charge >= 0.3 is 0 Å². The lowest BCUT2D eigenvalue weighted by Crippen LogP contribution is -2.32. The van der Waals surface area contributed by atoms with Crippen molar-refractivity contribution in [3.8, 4) is 0 Å². The highest BCUT2D eigenvalue weighted by molar-refractivity contribution is 5.81. The lowest BCUT2D eigenvalue weighted by Gasteiger charge is -2.22. The summed E-state index contributed by atoms with van der Waals surface area (Å²) in [7, 11) is 0. The molecule has 0 aromatic heterocycles. The first-order chi connectivity index (χ1) is 12.1. The summed E-state index contributed by atoms with van der Waals surface area (Å²) in [4.78, 5) is 25.9. The predicted octanol–water partition coefficient (Wildman–Crippen LogP) is 2.74. The predicted molar refractivity (Wildman–Crippen MR) is 97.8 cm³/mol. The minimum Gasteiger partial charge on any atom is -0.369 e. The third-order valence-corrected chi connectivity index (χ3v) is 4.96. The number of carbonyl (C=O) groups excluding carboxylic acids is 2. The Balaban J connectivity index is 1.71. The molecule has 130 valence electrons. The van der Waals surface area contributed by atoms with Gasteiger partial charge in [-0.25, -0.2) is 0 Å². The number of hydrogen-bond acceptors (Lipinski definition) is 2. The summed E-state index contributed by atoms with van der Waals surface area (Å²) in [6.07, 6.45) is 1.95. The van der Waals surface area contributed by atoms with E-state index in [0.29, 0.717) is 25.9 Å². The SMILES string of the molecule is NC(=O)[C@H]1CCN(C(=O)C[C@@H](Cc2ccccc2)c2ccccc2)C1. The van der Waals surface area contributed by atoms with Crippen LogP contribution < -0.4 is 5.73 Å². The van der Waals surface area contributed by atoms with Gasteiger partial charge < -0.3 is 10.6 Å². The number of nitrogens with two attached hydrogens (primary N) is 1. The van der Waals surface area contributed by atoms with Crippen LogP contribution in [0.5, 0.6) is 0 Å². The number of carbonyl (C=O) groups is 2. The first kappa shape index (κ1) is 17.2. The van der Waals surface area contributed by atoms with Gasteiger partial charge in [-0.15, -0.1) is 0 Å². The van der Waals surface area contributed by atoms with E-state index in [1.165, 1.54) is 11.1 Å². The minimum atomic E-state index is -0.306. The van der Waals surface area contributed by atoms with Crippen LogP contribution in [0.3, 0.4) is 0 Å². The van der Waals surface area contributed by atoms with Crippen molar-refractivity contribution in [2.45, 2.75) is 25.2 Å². The maximum absolute atomic E-state index is 12.8. The summed E-state index contributed by atoms with van der Waals surface area (Å²) >= 11 is 0. The van der Waals surface area contributed by atoms with Crippen molar-refractivity contribution >= 4 is 11.8 Å². The van der Waals surface area contributed by atoms with Gasteiger partial charge in [0.1, 0.15) is 0 Å². The Bertz CT molecular complexity index is 715. The van der Waals surface area contributed by atoms with Gasteiger partial charge in [0.2, 0.25) is 11.8 Å². The average Bonchev–Trinajstić information content (AvgIpc) is 3.13. The summed E-state index contributed by atoms with van der Waals surface area (Å²) in [5.41, 5.74) is 7.77. The van der Waals surface area contributed by atoms with Gasteiger partial charge in [0.15, 0.2) is 0 Å². The molecule has 1 aliphatic rings. The first-order valence-electron chi connectivity index (χ1n) is 8.79. The Morgan fingerprint density at radius 1 is 1.04 bits per heavy atom. The molecule has 0 spiro atoms. The monoisotopic (exact) mass is 336 g/mol. The Labute approximate surface area is 148 Å². The van der Waals surface area contributed by atoms with E-state index in [0.717, 1.165) is 6.42 Å². The van der Waals surface area contributed by atoms with E-state index < -0.39 is 0 Å². The number of rotatable bonds is 6. The van der Waals surface area contributed by atoms with Crippen LogP contribution >= 0.6 is 0 Å². The van der Waals surface area contributed by atoms with Crippen LogP contribution in [0.1, 0.15) is 29.9 Å². The number of amides is 2. The molecule has 2 atom stereocenters. The fourth-order valence-corrected chi connectivity index (χ4v) is 3.49. The summed E-state index contributed by atoms with van der Waals surface area (Å²) in [6.45, 7) is 1.08. The molecule has 1 heterocycles. The van der Waals surface area contributed by atoms with Gasteiger partial charge in [0.25, 0.3) is 0 Å². The van der Waals surface area contributed by atoms with E-state index in [9.17, 15) is 9.59 Å². The summed E-state index contributed by atoms with van der Waals surface area (Å²) < 4.78 is 0. The van der Waals surface area contributed by atoms with Crippen molar-refractivity contribution in [3.05, 3.63) is 71.8 Å². The van der Waals surface area contributed by atoms with Crippen LogP contribution in [0.2, 0.25) is 0 Å². The molecule has 2 amide bonds. The topological polar surface area (TPSA) is 63.4 Å². The summed E-state index contributed by atoms with van der Waals surface area (Å²) in [5.74, 6) is -0.273. The van der Waals surface area contributed by atoms with Crippen molar-refractivity contribution in [1.29, 1.82) is 0 Å². The van der Waals surface area contributed by atoms with Crippen LogP contribution in [0.15, 0.2) is 60.7 Å². The Hall–Kier alpha value is -2.62. The van der Waals surface area contributed by atoms with Gasteiger partial charge in [0, 0.05) is 19.5 Å². The standard InChI is InChI=1S/C21H24N2O2/c22-21(25)18-11-12-23(15-18)20(24)14-19(17-9-5-2-6-10-17)13-16-7-3-1-4-8-16/h1-10,18-19H,11-15H2,(H2,22,25)/t18-,19+/m0/s1.